The van der Waals surface area contributed by atoms with E-state index < -0.39 is 11.4 Å². The number of carbonyl (C=O) groups is 1. The molecule has 2 rings (SSSR count). The van der Waals surface area contributed by atoms with Crippen molar-refractivity contribution in [3.8, 4) is 0 Å². The Morgan fingerprint density at radius 1 is 1.47 bits per heavy atom. The van der Waals surface area contributed by atoms with Gasteiger partial charge in [0.15, 0.2) is 0 Å². The fraction of sp³-hybridized carbons (Fsp3) is 0.364. The van der Waals surface area contributed by atoms with Crippen molar-refractivity contribution in [2.45, 2.75) is 12.8 Å². The Hall–Kier alpha value is -1.58. The molecule has 0 radical (unpaired) electrons. The number of para-hydroxylation sites is 1. The Balaban J connectivity index is 2.00. The van der Waals surface area contributed by atoms with Gasteiger partial charge in [0.1, 0.15) is 5.82 Å². The number of carboxylic acid groups (broad SMARTS) is 1. The second-order valence-electron chi connectivity index (χ2n) is 3.92. The molecule has 0 saturated heterocycles. The van der Waals surface area contributed by atoms with Crippen molar-refractivity contribution in [1.29, 1.82) is 0 Å². The van der Waals surface area contributed by atoms with Gasteiger partial charge in [0.25, 0.3) is 0 Å². The molecule has 0 unspecified atom stereocenters. The summed E-state index contributed by atoms with van der Waals surface area (Å²) in [6, 6.07) is 6.27. The molecular weight excluding hydrogens is 197 g/mol. The van der Waals surface area contributed by atoms with E-state index in [1.807, 2.05) is 0 Å². The van der Waals surface area contributed by atoms with Crippen LogP contribution in [0.5, 0.6) is 0 Å². The number of hydrogen-bond donors (Lipinski definition) is 2. The highest BCUT2D eigenvalue weighted by atomic mass is 19.1. The van der Waals surface area contributed by atoms with E-state index >= 15 is 0 Å². The van der Waals surface area contributed by atoms with Gasteiger partial charge in [-0.15, -0.1) is 0 Å². The molecule has 15 heavy (non-hydrogen) atoms. The molecule has 1 aliphatic rings. The average Bonchev–Trinajstić information content (AvgIpc) is 2.98. The minimum absolute atomic E-state index is 0.295. The lowest BCUT2D eigenvalue weighted by Crippen LogP contribution is -2.24. The van der Waals surface area contributed by atoms with Crippen LogP contribution >= 0.6 is 0 Å². The summed E-state index contributed by atoms with van der Waals surface area (Å²) in [5.41, 5.74) is -0.299. The molecule has 2 N–H and O–H groups in total. The van der Waals surface area contributed by atoms with Gasteiger partial charge in [-0.25, -0.2) is 4.39 Å². The molecule has 1 aliphatic carbocycles. The number of aliphatic carboxylic acids is 1. The number of rotatable bonds is 4. The fourth-order valence-electron chi connectivity index (χ4n) is 1.49. The SMILES string of the molecule is O=C(O)C1(CNc2ccccc2F)CC1. The molecular formula is C11H12FNO2. The van der Waals surface area contributed by atoms with Crippen LogP contribution in [0.2, 0.25) is 0 Å². The largest absolute Gasteiger partial charge is 0.481 e. The van der Waals surface area contributed by atoms with Gasteiger partial charge in [-0.2, -0.15) is 0 Å². The van der Waals surface area contributed by atoms with Crippen LogP contribution in [0.4, 0.5) is 10.1 Å². The van der Waals surface area contributed by atoms with E-state index in [0.29, 0.717) is 25.1 Å². The van der Waals surface area contributed by atoms with Crippen molar-refractivity contribution >= 4 is 11.7 Å². The third-order valence-corrected chi connectivity index (χ3v) is 2.80. The van der Waals surface area contributed by atoms with Gasteiger partial charge in [-0.1, -0.05) is 12.1 Å². The standard InChI is InChI=1S/C11H12FNO2/c12-8-3-1-2-4-9(8)13-7-11(5-6-11)10(14)15/h1-4,13H,5-7H2,(H,14,15). The summed E-state index contributed by atoms with van der Waals surface area (Å²) in [4.78, 5) is 10.9. The lowest BCUT2D eigenvalue weighted by atomic mass is 10.1. The zero-order chi connectivity index (χ0) is 10.9. The smallest absolute Gasteiger partial charge is 0.311 e. The van der Waals surface area contributed by atoms with Crippen molar-refractivity contribution in [3.63, 3.8) is 0 Å². The van der Waals surface area contributed by atoms with Crippen LogP contribution in [0.15, 0.2) is 24.3 Å². The van der Waals surface area contributed by atoms with Crippen molar-refractivity contribution in [3.05, 3.63) is 30.1 Å². The van der Waals surface area contributed by atoms with E-state index in [1.165, 1.54) is 6.07 Å². The highest BCUT2D eigenvalue weighted by molar-refractivity contribution is 5.78. The lowest BCUT2D eigenvalue weighted by Gasteiger charge is -2.12. The maximum atomic E-state index is 13.2. The predicted octanol–water partition coefficient (Wildman–Crippen LogP) is 2.10. The summed E-state index contributed by atoms with van der Waals surface area (Å²) in [7, 11) is 0. The first-order valence-corrected chi connectivity index (χ1v) is 4.86. The van der Waals surface area contributed by atoms with Crippen molar-refractivity contribution in [1.82, 2.24) is 0 Å². The quantitative estimate of drug-likeness (QED) is 0.798. The first kappa shape index (κ1) is 9.96. The second-order valence-corrected chi connectivity index (χ2v) is 3.92. The summed E-state index contributed by atoms with van der Waals surface area (Å²) >= 11 is 0. The van der Waals surface area contributed by atoms with Gasteiger partial charge < -0.3 is 10.4 Å². The Morgan fingerprint density at radius 3 is 2.67 bits per heavy atom. The fourth-order valence-corrected chi connectivity index (χ4v) is 1.49. The van der Waals surface area contributed by atoms with Crippen LogP contribution < -0.4 is 5.32 Å². The number of benzene rings is 1. The van der Waals surface area contributed by atoms with Crippen molar-refractivity contribution in [2.24, 2.45) is 5.41 Å². The molecule has 1 aromatic carbocycles. The number of halogens is 1. The Labute approximate surface area is 86.9 Å². The molecule has 0 spiro atoms. The Morgan fingerprint density at radius 2 is 2.13 bits per heavy atom. The molecule has 80 valence electrons. The molecule has 0 bridgehead atoms. The monoisotopic (exact) mass is 209 g/mol. The van der Waals surface area contributed by atoms with Crippen molar-refractivity contribution in [2.75, 3.05) is 11.9 Å². The molecule has 3 nitrogen and oxygen atoms in total. The van der Waals surface area contributed by atoms with E-state index in [1.54, 1.807) is 18.2 Å². The third-order valence-electron chi connectivity index (χ3n) is 2.80. The van der Waals surface area contributed by atoms with E-state index in [2.05, 4.69) is 5.32 Å². The first-order chi connectivity index (χ1) is 7.14. The summed E-state index contributed by atoms with van der Waals surface area (Å²) in [6.07, 6.45) is 1.34. The summed E-state index contributed by atoms with van der Waals surface area (Å²) in [5, 5.41) is 11.8. The molecule has 1 saturated carbocycles. The van der Waals surface area contributed by atoms with E-state index in [4.69, 9.17) is 5.11 Å². The van der Waals surface area contributed by atoms with Crippen LogP contribution in [-0.4, -0.2) is 17.6 Å². The van der Waals surface area contributed by atoms with E-state index in [0.717, 1.165) is 0 Å². The molecule has 1 fully saturated rings. The van der Waals surface area contributed by atoms with E-state index in [-0.39, 0.29) is 5.82 Å². The summed E-state index contributed by atoms with van der Waals surface area (Å²) in [6.45, 7) is 0.295. The highest BCUT2D eigenvalue weighted by Crippen LogP contribution is 2.45. The Bertz CT molecular complexity index is 388. The molecule has 1 aromatic rings. The van der Waals surface area contributed by atoms with Crippen molar-refractivity contribution < 1.29 is 14.3 Å². The van der Waals surface area contributed by atoms with Crippen LogP contribution in [0.25, 0.3) is 0 Å². The van der Waals surface area contributed by atoms with Gasteiger partial charge in [0.2, 0.25) is 0 Å². The minimum Gasteiger partial charge on any atom is -0.481 e. The number of hydrogen-bond acceptors (Lipinski definition) is 2. The average molecular weight is 209 g/mol. The van der Waals surface area contributed by atoms with Gasteiger partial charge >= 0.3 is 5.97 Å². The van der Waals surface area contributed by atoms with Crippen LogP contribution in [0.1, 0.15) is 12.8 Å². The summed E-state index contributed by atoms with van der Waals surface area (Å²) in [5.74, 6) is -1.15. The molecule has 0 atom stereocenters. The van der Waals surface area contributed by atoms with Crippen LogP contribution in [0, 0.1) is 11.2 Å². The lowest BCUT2D eigenvalue weighted by molar-refractivity contribution is -0.142. The zero-order valence-electron chi connectivity index (χ0n) is 8.16. The normalized spacial score (nSPS) is 17.1. The highest BCUT2D eigenvalue weighted by Gasteiger charge is 2.50. The second kappa shape index (κ2) is 3.53. The minimum atomic E-state index is -0.800. The molecule has 0 aliphatic heterocycles. The first-order valence-electron chi connectivity index (χ1n) is 4.86. The number of carboxylic acids is 1. The molecule has 0 amide bonds. The topological polar surface area (TPSA) is 49.3 Å². The molecule has 0 aromatic heterocycles. The summed E-state index contributed by atoms with van der Waals surface area (Å²) < 4.78 is 13.2. The predicted molar refractivity (Wildman–Crippen MR) is 54.2 cm³/mol. The maximum absolute atomic E-state index is 13.2. The van der Waals surface area contributed by atoms with Gasteiger partial charge in [-0.3, -0.25) is 4.79 Å². The van der Waals surface area contributed by atoms with Gasteiger partial charge in [0.05, 0.1) is 11.1 Å². The van der Waals surface area contributed by atoms with Gasteiger partial charge in [-0.05, 0) is 25.0 Å². The van der Waals surface area contributed by atoms with Crippen LogP contribution in [0.3, 0.4) is 0 Å². The van der Waals surface area contributed by atoms with Crippen LogP contribution in [-0.2, 0) is 4.79 Å². The zero-order valence-corrected chi connectivity index (χ0v) is 8.16. The maximum Gasteiger partial charge on any atom is 0.311 e. The van der Waals surface area contributed by atoms with Gasteiger partial charge in [0, 0.05) is 6.54 Å². The van der Waals surface area contributed by atoms with E-state index in [9.17, 15) is 9.18 Å². The molecule has 0 heterocycles. The number of anilines is 1. The number of nitrogens with one attached hydrogen (secondary N) is 1. The molecule has 4 heteroatoms. The third kappa shape index (κ3) is 1.93. The Kier molecular flexibility index (Phi) is 2.34.